The fraction of sp³-hybridized carbons (Fsp3) is 0.583. The van der Waals surface area contributed by atoms with E-state index < -0.39 is 0 Å². The van der Waals surface area contributed by atoms with Crippen molar-refractivity contribution >= 4 is 28.7 Å². The van der Waals surface area contributed by atoms with E-state index in [0.717, 1.165) is 16.9 Å². The lowest BCUT2D eigenvalue weighted by molar-refractivity contribution is -0.122. The molecule has 0 atom stereocenters. The number of aromatic nitrogens is 4. The molecular weight excluding hydrogens is 266 g/mol. The maximum absolute atomic E-state index is 11.9. The number of nitrogens with zero attached hydrogens (tertiary/aromatic N) is 4. The molecule has 0 aliphatic rings. The van der Waals surface area contributed by atoms with Crippen LogP contribution in [-0.2, 0) is 24.3 Å². The monoisotopic (exact) mass is 283 g/mol. The lowest BCUT2D eigenvalue weighted by Gasteiger charge is -2.11. The van der Waals surface area contributed by atoms with Crippen LogP contribution in [0.4, 0.5) is 0 Å². The second kappa shape index (κ2) is 5.21. The summed E-state index contributed by atoms with van der Waals surface area (Å²) in [5.74, 6) is 0.898. The van der Waals surface area contributed by atoms with Crippen molar-refractivity contribution in [1.29, 1.82) is 0 Å². The first-order valence-corrected chi connectivity index (χ1v) is 6.71. The van der Waals surface area contributed by atoms with E-state index in [4.69, 9.17) is 11.6 Å². The predicted octanol–water partition coefficient (Wildman–Crippen LogP) is 1.34. The fourth-order valence-corrected chi connectivity index (χ4v) is 2.36. The van der Waals surface area contributed by atoms with Gasteiger partial charge in [-0.25, -0.2) is 4.98 Å². The van der Waals surface area contributed by atoms with E-state index in [1.165, 1.54) is 0 Å². The van der Waals surface area contributed by atoms with Crippen LogP contribution in [0.3, 0.4) is 0 Å². The minimum absolute atomic E-state index is 0.0560. The molecule has 0 unspecified atom stereocenters. The van der Waals surface area contributed by atoms with Gasteiger partial charge in [0.15, 0.2) is 5.65 Å². The molecule has 0 radical (unpaired) electrons. The van der Waals surface area contributed by atoms with E-state index in [-0.39, 0.29) is 24.4 Å². The second-order valence-corrected chi connectivity index (χ2v) is 5.12. The third-order valence-electron chi connectivity index (χ3n) is 2.84. The summed E-state index contributed by atoms with van der Waals surface area (Å²) < 4.78 is 3.55. The van der Waals surface area contributed by atoms with Crippen LogP contribution in [-0.4, -0.2) is 31.3 Å². The summed E-state index contributed by atoms with van der Waals surface area (Å²) in [6.07, 6.45) is 0. The second-order valence-electron chi connectivity index (χ2n) is 4.85. The van der Waals surface area contributed by atoms with Gasteiger partial charge in [0.05, 0.1) is 11.6 Å². The van der Waals surface area contributed by atoms with Crippen LogP contribution in [0.25, 0.3) is 11.2 Å². The molecule has 2 heterocycles. The van der Waals surface area contributed by atoms with Crippen molar-refractivity contribution in [2.75, 3.05) is 0 Å². The third-order valence-corrected chi connectivity index (χ3v) is 3.08. The maximum atomic E-state index is 11.9. The van der Waals surface area contributed by atoms with Crippen LogP contribution in [0.1, 0.15) is 25.4 Å². The molecule has 1 N–H and O–H groups in total. The standard InChI is InChI=1S/C12H18ClN5O/c1-7(2)14-10(19)6-18-9(5-13)15-11-8(3)16-17(4)12(11)18/h7H,5-6H2,1-4H3,(H,14,19). The molecule has 19 heavy (non-hydrogen) atoms. The Morgan fingerprint density at radius 2 is 2.16 bits per heavy atom. The van der Waals surface area contributed by atoms with Gasteiger partial charge in [0.1, 0.15) is 17.9 Å². The molecule has 0 aliphatic heterocycles. The van der Waals surface area contributed by atoms with Crippen LogP contribution in [0.5, 0.6) is 0 Å². The molecule has 2 aromatic heterocycles. The molecule has 7 heteroatoms. The van der Waals surface area contributed by atoms with Crippen molar-refractivity contribution in [3.05, 3.63) is 11.5 Å². The van der Waals surface area contributed by atoms with Gasteiger partial charge in [0, 0.05) is 13.1 Å². The van der Waals surface area contributed by atoms with Crippen molar-refractivity contribution in [3.8, 4) is 0 Å². The Balaban J connectivity index is 2.43. The number of fused-ring (bicyclic) bond motifs is 1. The number of carbonyl (C=O) groups is 1. The molecule has 6 nitrogen and oxygen atoms in total. The Bertz CT molecular complexity index is 613. The quantitative estimate of drug-likeness (QED) is 0.861. The van der Waals surface area contributed by atoms with Crippen LogP contribution in [0.15, 0.2) is 0 Å². The summed E-state index contributed by atoms with van der Waals surface area (Å²) in [5.41, 5.74) is 2.47. The third kappa shape index (κ3) is 2.58. The highest BCUT2D eigenvalue weighted by atomic mass is 35.5. The fourth-order valence-electron chi connectivity index (χ4n) is 2.16. The zero-order valence-corrected chi connectivity index (χ0v) is 12.3. The summed E-state index contributed by atoms with van der Waals surface area (Å²) in [7, 11) is 1.84. The number of alkyl halides is 1. The molecule has 0 bridgehead atoms. The van der Waals surface area contributed by atoms with Crippen molar-refractivity contribution in [1.82, 2.24) is 24.6 Å². The van der Waals surface area contributed by atoms with Gasteiger partial charge in [-0.15, -0.1) is 11.6 Å². The van der Waals surface area contributed by atoms with Crippen molar-refractivity contribution in [2.45, 2.75) is 39.2 Å². The number of aryl methyl sites for hydroxylation is 2. The van der Waals surface area contributed by atoms with E-state index in [9.17, 15) is 4.79 Å². The van der Waals surface area contributed by atoms with Crippen LogP contribution < -0.4 is 5.32 Å². The summed E-state index contributed by atoms with van der Waals surface area (Å²) in [6, 6.07) is 0.110. The molecule has 2 rings (SSSR count). The Hall–Kier alpha value is -1.56. The zero-order chi connectivity index (χ0) is 14.2. The molecule has 0 saturated heterocycles. The molecule has 2 aromatic rings. The normalized spacial score (nSPS) is 11.5. The summed E-state index contributed by atoms with van der Waals surface area (Å²) in [4.78, 5) is 16.4. The zero-order valence-electron chi connectivity index (χ0n) is 11.6. The number of amides is 1. The SMILES string of the molecule is Cc1nn(C)c2c1nc(CCl)n2CC(=O)NC(C)C. The van der Waals surface area contributed by atoms with Gasteiger partial charge in [-0.2, -0.15) is 5.10 Å². The van der Waals surface area contributed by atoms with Gasteiger partial charge < -0.3 is 9.88 Å². The minimum atomic E-state index is -0.0560. The number of carbonyl (C=O) groups excluding carboxylic acids is 1. The highest BCUT2D eigenvalue weighted by molar-refractivity contribution is 6.16. The molecule has 0 saturated carbocycles. The Labute approximate surface area is 116 Å². The van der Waals surface area contributed by atoms with E-state index in [2.05, 4.69) is 15.4 Å². The molecule has 0 aromatic carbocycles. The van der Waals surface area contributed by atoms with Crippen LogP contribution >= 0.6 is 11.6 Å². The largest absolute Gasteiger partial charge is 0.352 e. The molecular formula is C12H18ClN5O. The van der Waals surface area contributed by atoms with Crippen LogP contribution in [0, 0.1) is 6.92 Å². The van der Waals surface area contributed by atoms with E-state index in [1.807, 2.05) is 32.4 Å². The lowest BCUT2D eigenvalue weighted by Crippen LogP contribution is -2.33. The number of imidazole rings is 1. The Morgan fingerprint density at radius 3 is 2.74 bits per heavy atom. The van der Waals surface area contributed by atoms with Crippen molar-refractivity contribution in [2.24, 2.45) is 7.05 Å². The van der Waals surface area contributed by atoms with Crippen LogP contribution in [0.2, 0.25) is 0 Å². The summed E-state index contributed by atoms with van der Waals surface area (Å²) in [5, 5.41) is 7.18. The average Bonchev–Trinajstić information content (AvgIpc) is 2.78. The van der Waals surface area contributed by atoms with Crippen molar-refractivity contribution < 1.29 is 4.79 Å². The summed E-state index contributed by atoms with van der Waals surface area (Å²) >= 11 is 5.91. The number of rotatable bonds is 4. The number of hydrogen-bond donors (Lipinski definition) is 1. The van der Waals surface area contributed by atoms with Gasteiger partial charge in [0.25, 0.3) is 0 Å². The van der Waals surface area contributed by atoms with Gasteiger partial charge in [0.2, 0.25) is 5.91 Å². The van der Waals surface area contributed by atoms with E-state index in [0.29, 0.717) is 5.82 Å². The number of halogens is 1. The highest BCUT2D eigenvalue weighted by Crippen LogP contribution is 2.19. The van der Waals surface area contributed by atoms with Crippen molar-refractivity contribution in [3.63, 3.8) is 0 Å². The Kier molecular flexibility index (Phi) is 3.80. The molecule has 0 aliphatic carbocycles. The molecule has 1 amide bonds. The summed E-state index contributed by atoms with van der Waals surface area (Å²) in [6.45, 7) is 5.96. The average molecular weight is 284 g/mol. The molecule has 0 fully saturated rings. The number of nitrogens with one attached hydrogen (secondary N) is 1. The topological polar surface area (TPSA) is 64.7 Å². The first-order chi connectivity index (χ1) is 8.93. The minimum Gasteiger partial charge on any atom is -0.352 e. The highest BCUT2D eigenvalue weighted by Gasteiger charge is 2.18. The molecule has 0 spiro atoms. The number of hydrogen-bond acceptors (Lipinski definition) is 3. The smallest absolute Gasteiger partial charge is 0.240 e. The maximum Gasteiger partial charge on any atom is 0.240 e. The lowest BCUT2D eigenvalue weighted by atomic mass is 10.4. The van der Waals surface area contributed by atoms with Gasteiger partial charge in [-0.1, -0.05) is 0 Å². The predicted molar refractivity (Wildman–Crippen MR) is 74.1 cm³/mol. The van der Waals surface area contributed by atoms with Gasteiger partial charge >= 0.3 is 0 Å². The molecule has 104 valence electrons. The first kappa shape index (κ1) is 13.9. The first-order valence-electron chi connectivity index (χ1n) is 6.18. The van der Waals surface area contributed by atoms with E-state index in [1.54, 1.807) is 4.68 Å². The van der Waals surface area contributed by atoms with Gasteiger partial charge in [-0.05, 0) is 20.8 Å². The Morgan fingerprint density at radius 1 is 1.47 bits per heavy atom. The van der Waals surface area contributed by atoms with E-state index >= 15 is 0 Å². The van der Waals surface area contributed by atoms with Gasteiger partial charge in [-0.3, -0.25) is 9.48 Å².